The van der Waals surface area contributed by atoms with Crippen LogP contribution in [0.15, 0.2) is 24.3 Å². The van der Waals surface area contributed by atoms with E-state index in [-0.39, 0.29) is 0 Å². The van der Waals surface area contributed by atoms with Crippen molar-refractivity contribution in [3.05, 3.63) is 34.9 Å². The third kappa shape index (κ3) is 5.53. The molecule has 94 valence electrons. The molecule has 0 bridgehead atoms. The molecule has 17 heavy (non-hydrogen) atoms. The van der Waals surface area contributed by atoms with Crippen LogP contribution in [0.1, 0.15) is 31.2 Å². The van der Waals surface area contributed by atoms with Crippen LogP contribution in [0.2, 0.25) is 5.02 Å². The zero-order chi connectivity index (χ0) is 11.9. The number of hydrogen-bond acceptors (Lipinski definition) is 2. The molecule has 1 N–H and O–H groups in total. The molecule has 0 atom stereocenters. The lowest BCUT2D eigenvalue weighted by Crippen LogP contribution is -2.17. The number of halogens is 1. The van der Waals surface area contributed by atoms with Crippen molar-refractivity contribution in [2.75, 3.05) is 13.2 Å². The molecule has 0 aromatic heterocycles. The Morgan fingerprint density at radius 2 is 1.94 bits per heavy atom. The molecule has 2 rings (SSSR count). The second kappa shape index (κ2) is 7.00. The van der Waals surface area contributed by atoms with Gasteiger partial charge in [-0.1, -0.05) is 23.7 Å². The number of nitrogens with one attached hydrogen (secondary N) is 1. The van der Waals surface area contributed by atoms with Crippen molar-refractivity contribution in [2.45, 2.75) is 38.3 Å². The second-order valence-corrected chi connectivity index (χ2v) is 5.05. The first-order chi connectivity index (χ1) is 8.34. The summed E-state index contributed by atoms with van der Waals surface area (Å²) in [5.41, 5.74) is 1.19. The average molecular weight is 254 g/mol. The highest BCUT2D eigenvalue weighted by Gasteiger charge is 2.19. The van der Waals surface area contributed by atoms with Crippen molar-refractivity contribution in [3.8, 4) is 0 Å². The molecule has 1 aliphatic carbocycles. The van der Waals surface area contributed by atoms with Gasteiger partial charge in [0.2, 0.25) is 0 Å². The largest absolute Gasteiger partial charge is 0.377 e. The van der Waals surface area contributed by atoms with Crippen LogP contribution in [-0.4, -0.2) is 19.2 Å². The van der Waals surface area contributed by atoms with Gasteiger partial charge in [-0.15, -0.1) is 0 Å². The average Bonchev–Trinajstić information content (AvgIpc) is 3.14. The molecule has 0 aliphatic heterocycles. The first-order valence-electron chi connectivity index (χ1n) is 6.40. The standard InChI is InChI=1S/C14H20ClNO/c15-13-5-3-12(4-6-13)11-17-10-2-1-9-16-14-7-8-14/h3-6,14,16H,1-2,7-11H2. The van der Waals surface area contributed by atoms with Crippen LogP contribution >= 0.6 is 11.6 Å². The monoisotopic (exact) mass is 253 g/mol. The SMILES string of the molecule is Clc1ccc(COCCCCNC2CC2)cc1. The normalized spacial score (nSPS) is 15.1. The Hall–Kier alpha value is -0.570. The van der Waals surface area contributed by atoms with Gasteiger partial charge in [-0.2, -0.15) is 0 Å². The summed E-state index contributed by atoms with van der Waals surface area (Å²) >= 11 is 5.81. The predicted octanol–water partition coefficient (Wildman–Crippen LogP) is 3.39. The van der Waals surface area contributed by atoms with E-state index in [1.54, 1.807) is 0 Å². The van der Waals surface area contributed by atoms with Gasteiger partial charge in [0.05, 0.1) is 6.61 Å². The van der Waals surface area contributed by atoms with Gasteiger partial charge in [0.25, 0.3) is 0 Å². The van der Waals surface area contributed by atoms with Crippen LogP contribution in [0.5, 0.6) is 0 Å². The quantitative estimate of drug-likeness (QED) is 0.717. The van der Waals surface area contributed by atoms with Gasteiger partial charge in [0.1, 0.15) is 0 Å². The van der Waals surface area contributed by atoms with E-state index in [1.165, 1.54) is 24.8 Å². The van der Waals surface area contributed by atoms with Gasteiger partial charge in [0.15, 0.2) is 0 Å². The summed E-state index contributed by atoms with van der Waals surface area (Å²) in [4.78, 5) is 0. The van der Waals surface area contributed by atoms with Crippen molar-refractivity contribution >= 4 is 11.6 Å². The van der Waals surface area contributed by atoms with E-state index in [4.69, 9.17) is 16.3 Å². The van der Waals surface area contributed by atoms with E-state index < -0.39 is 0 Å². The Kier molecular flexibility index (Phi) is 5.30. The lowest BCUT2D eigenvalue weighted by molar-refractivity contribution is 0.117. The maximum atomic E-state index is 5.81. The van der Waals surface area contributed by atoms with E-state index in [1.807, 2.05) is 24.3 Å². The molecule has 1 aromatic carbocycles. The zero-order valence-electron chi connectivity index (χ0n) is 10.1. The van der Waals surface area contributed by atoms with Crippen LogP contribution < -0.4 is 5.32 Å². The summed E-state index contributed by atoms with van der Waals surface area (Å²) in [6, 6.07) is 8.65. The molecular formula is C14H20ClNO. The molecule has 0 unspecified atom stereocenters. The molecular weight excluding hydrogens is 234 g/mol. The third-order valence-electron chi connectivity index (χ3n) is 2.91. The molecule has 1 saturated carbocycles. The molecule has 3 heteroatoms. The minimum absolute atomic E-state index is 0.688. The number of unbranched alkanes of at least 4 members (excludes halogenated alkanes) is 1. The fourth-order valence-electron chi connectivity index (χ4n) is 1.69. The van der Waals surface area contributed by atoms with E-state index in [2.05, 4.69) is 5.32 Å². The Balaban J connectivity index is 1.46. The van der Waals surface area contributed by atoms with Crippen LogP contribution in [-0.2, 0) is 11.3 Å². The number of benzene rings is 1. The van der Waals surface area contributed by atoms with E-state index in [0.29, 0.717) is 6.61 Å². The second-order valence-electron chi connectivity index (χ2n) is 4.61. The van der Waals surface area contributed by atoms with Gasteiger partial charge in [0, 0.05) is 17.7 Å². The Labute approximate surface area is 108 Å². The first-order valence-corrected chi connectivity index (χ1v) is 6.78. The topological polar surface area (TPSA) is 21.3 Å². The van der Waals surface area contributed by atoms with Crippen molar-refractivity contribution in [3.63, 3.8) is 0 Å². The summed E-state index contributed by atoms with van der Waals surface area (Å²) in [6.45, 7) is 2.66. The van der Waals surface area contributed by atoms with Gasteiger partial charge in [-0.25, -0.2) is 0 Å². The van der Waals surface area contributed by atoms with Gasteiger partial charge in [-0.05, 0) is 49.9 Å². The smallest absolute Gasteiger partial charge is 0.0716 e. The minimum atomic E-state index is 0.688. The summed E-state index contributed by atoms with van der Waals surface area (Å²) in [5.74, 6) is 0. The van der Waals surface area contributed by atoms with Crippen molar-refractivity contribution in [1.29, 1.82) is 0 Å². The molecule has 0 heterocycles. The van der Waals surface area contributed by atoms with Crippen molar-refractivity contribution in [1.82, 2.24) is 5.32 Å². The van der Waals surface area contributed by atoms with E-state index in [9.17, 15) is 0 Å². The van der Waals surface area contributed by atoms with Gasteiger partial charge < -0.3 is 10.1 Å². The highest BCUT2D eigenvalue weighted by Crippen LogP contribution is 2.18. The summed E-state index contributed by atoms with van der Waals surface area (Å²) < 4.78 is 5.61. The van der Waals surface area contributed by atoms with Crippen LogP contribution in [0, 0.1) is 0 Å². The maximum Gasteiger partial charge on any atom is 0.0716 e. The summed E-state index contributed by atoms with van der Waals surface area (Å²) in [5, 5.41) is 4.28. The lowest BCUT2D eigenvalue weighted by Gasteiger charge is -2.05. The molecule has 0 amide bonds. The van der Waals surface area contributed by atoms with E-state index >= 15 is 0 Å². The molecule has 0 saturated heterocycles. The Morgan fingerprint density at radius 3 is 2.65 bits per heavy atom. The van der Waals surface area contributed by atoms with Gasteiger partial charge in [-0.3, -0.25) is 0 Å². The first kappa shape index (κ1) is 12.9. The Morgan fingerprint density at radius 1 is 1.18 bits per heavy atom. The Bertz CT molecular complexity index is 321. The van der Waals surface area contributed by atoms with Crippen LogP contribution in [0.3, 0.4) is 0 Å². The lowest BCUT2D eigenvalue weighted by atomic mass is 10.2. The fourth-order valence-corrected chi connectivity index (χ4v) is 1.82. The van der Waals surface area contributed by atoms with Crippen molar-refractivity contribution in [2.24, 2.45) is 0 Å². The predicted molar refractivity (Wildman–Crippen MR) is 71.4 cm³/mol. The highest BCUT2D eigenvalue weighted by atomic mass is 35.5. The zero-order valence-corrected chi connectivity index (χ0v) is 10.9. The molecule has 0 spiro atoms. The van der Waals surface area contributed by atoms with E-state index in [0.717, 1.165) is 30.6 Å². The molecule has 2 nitrogen and oxygen atoms in total. The summed E-state index contributed by atoms with van der Waals surface area (Å²) in [7, 11) is 0. The fraction of sp³-hybridized carbons (Fsp3) is 0.571. The minimum Gasteiger partial charge on any atom is -0.377 e. The van der Waals surface area contributed by atoms with Crippen LogP contribution in [0.4, 0.5) is 0 Å². The maximum absolute atomic E-state index is 5.81. The summed E-state index contributed by atoms with van der Waals surface area (Å²) in [6.07, 6.45) is 5.07. The molecule has 1 fully saturated rings. The number of rotatable bonds is 8. The van der Waals surface area contributed by atoms with Gasteiger partial charge >= 0.3 is 0 Å². The number of hydrogen-bond donors (Lipinski definition) is 1. The molecule has 1 aromatic rings. The molecule has 1 aliphatic rings. The number of ether oxygens (including phenoxy) is 1. The van der Waals surface area contributed by atoms with Crippen LogP contribution in [0.25, 0.3) is 0 Å². The highest BCUT2D eigenvalue weighted by molar-refractivity contribution is 6.30. The van der Waals surface area contributed by atoms with Crippen molar-refractivity contribution < 1.29 is 4.74 Å². The molecule has 0 radical (unpaired) electrons. The third-order valence-corrected chi connectivity index (χ3v) is 3.16.